The molecule has 1 N–H and O–H groups in total. The summed E-state index contributed by atoms with van der Waals surface area (Å²) in [4.78, 5) is 25.1. The summed E-state index contributed by atoms with van der Waals surface area (Å²) in [6.45, 7) is 6.94. The van der Waals surface area contributed by atoms with Crippen molar-refractivity contribution in [3.05, 3.63) is 0 Å². The minimum Gasteiger partial charge on any atom is -0.465 e. The maximum atomic E-state index is 13.6. The first-order valence-electron chi connectivity index (χ1n) is 11.0. The molecule has 158 valence electrons. The van der Waals surface area contributed by atoms with E-state index in [2.05, 4.69) is 13.8 Å². The highest BCUT2D eigenvalue weighted by atomic mass is 16.5. The Bertz CT molecular complexity index is 661. The zero-order valence-electron chi connectivity index (χ0n) is 17.8. The molecule has 8 unspecified atom stereocenters. The zero-order valence-corrected chi connectivity index (χ0v) is 17.8. The molecule has 4 saturated carbocycles. The number of hydrogen-bond acceptors (Lipinski definition) is 5. The van der Waals surface area contributed by atoms with Gasteiger partial charge in [-0.25, -0.2) is 0 Å². The van der Waals surface area contributed by atoms with E-state index in [0.29, 0.717) is 25.6 Å². The van der Waals surface area contributed by atoms with Crippen LogP contribution in [0.2, 0.25) is 0 Å². The maximum Gasteiger partial charge on any atom is 0.302 e. The number of ketones is 1. The van der Waals surface area contributed by atoms with Crippen molar-refractivity contribution in [1.82, 2.24) is 0 Å². The molecule has 8 atom stereocenters. The van der Waals surface area contributed by atoms with Crippen LogP contribution in [0, 0.1) is 39.9 Å². The van der Waals surface area contributed by atoms with E-state index in [9.17, 15) is 14.7 Å². The Hall–Kier alpha value is -0.940. The molecule has 0 amide bonds. The summed E-state index contributed by atoms with van der Waals surface area (Å²) in [5.41, 5.74) is -0.711. The van der Waals surface area contributed by atoms with Gasteiger partial charge in [0.2, 0.25) is 0 Å². The predicted molar refractivity (Wildman–Crippen MR) is 104 cm³/mol. The van der Waals surface area contributed by atoms with Gasteiger partial charge in [0.1, 0.15) is 5.78 Å². The van der Waals surface area contributed by atoms with Crippen LogP contribution in [-0.2, 0) is 19.1 Å². The van der Waals surface area contributed by atoms with E-state index in [-0.39, 0.29) is 40.3 Å². The Morgan fingerprint density at radius 2 is 1.96 bits per heavy atom. The van der Waals surface area contributed by atoms with E-state index in [1.54, 1.807) is 7.11 Å². The first-order valence-corrected chi connectivity index (χ1v) is 11.0. The molecule has 0 heterocycles. The van der Waals surface area contributed by atoms with E-state index in [4.69, 9.17) is 9.47 Å². The van der Waals surface area contributed by atoms with Gasteiger partial charge in [0.15, 0.2) is 0 Å². The number of aliphatic hydroxyl groups excluding tert-OH is 1. The first-order chi connectivity index (χ1) is 13.2. The van der Waals surface area contributed by atoms with Crippen LogP contribution < -0.4 is 0 Å². The molecule has 0 radical (unpaired) electrons. The highest BCUT2D eigenvalue weighted by Crippen LogP contribution is 2.71. The lowest BCUT2D eigenvalue weighted by Gasteiger charge is -2.64. The lowest BCUT2D eigenvalue weighted by Crippen LogP contribution is -2.64. The quantitative estimate of drug-likeness (QED) is 0.743. The van der Waals surface area contributed by atoms with Crippen LogP contribution >= 0.6 is 0 Å². The second-order valence-corrected chi connectivity index (χ2v) is 10.7. The van der Waals surface area contributed by atoms with E-state index in [1.165, 1.54) is 6.92 Å². The normalized spacial score (nSPS) is 50.0. The lowest BCUT2D eigenvalue weighted by atomic mass is 9.40. The predicted octanol–water partition coefficient (Wildman–Crippen LogP) is 3.37. The third kappa shape index (κ3) is 2.64. The molecule has 28 heavy (non-hydrogen) atoms. The number of esters is 1. The second kappa shape index (κ2) is 6.80. The summed E-state index contributed by atoms with van der Waals surface area (Å²) in [6.07, 6.45) is 6.15. The summed E-state index contributed by atoms with van der Waals surface area (Å²) in [5, 5.41) is 11.4. The van der Waals surface area contributed by atoms with E-state index in [1.807, 2.05) is 0 Å². The largest absolute Gasteiger partial charge is 0.465 e. The van der Waals surface area contributed by atoms with Gasteiger partial charge in [-0.3, -0.25) is 9.59 Å². The molecular weight excluding hydrogens is 356 g/mol. The van der Waals surface area contributed by atoms with Crippen molar-refractivity contribution < 1.29 is 24.2 Å². The molecule has 4 aliphatic rings. The van der Waals surface area contributed by atoms with Gasteiger partial charge in [0, 0.05) is 25.4 Å². The Morgan fingerprint density at radius 1 is 1.21 bits per heavy atom. The van der Waals surface area contributed by atoms with Gasteiger partial charge in [0.25, 0.3) is 0 Å². The summed E-state index contributed by atoms with van der Waals surface area (Å²) < 4.78 is 10.9. The second-order valence-electron chi connectivity index (χ2n) is 10.7. The topological polar surface area (TPSA) is 72.8 Å². The van der Waals surface area contributed by atoms with Crippen LogP contribution in [0.25, 0.3) is 0 Å². The van der Waals surface area contributed by atoms with Crippen molar-refractivity contribution >= 4 is 11.8 Å². The minimum absolute atomic E-state index is 0.00890. The van der Waals surface area contributed by atoms with Crippen LogP contribution in [-0.4, -0.2) is 43.3 Å². The van der Waals surface area contributed by atoms with Gasteiger partial charge in [0.05, 0.1) is 24.7 Å². The highest BCUT2D eigenvalue weighted by molar-refractivity contribution is 5.91. The van der Waals surface area contributed by atoms with Gasteiger partial charge >= 0.3 is 5.97 Å². The van der Waals surface area contributed by atoms with Crippen LogP contribution in [0.1, 0.15) is 65.7 Å². The van der Waals surface area contributed by atoms with Crippen molar-refractivity contribution in [2.75, 3.05) is 20.3 Å². The summed E-state index contributed by atoms with van der Waals surface area (Å²) in [7, 11) is 1.67. The van der Waals surface area contributed by atoms with E-state index in [0.717, 1.165) is 38.5 Å². The monoisotopic (exact) mass is 392 g/mol. The molecule has 4 fully saturated rings. The molecule has 0 aromatic rings. The molecule has 0 aliphatic heterocycles. The summed E-state index contributed by atoms with van der Waals surface area (Å²) in [6, 6.07) is 0. The van der Waals surface area contributed by atoms with E-state index < -0.39 is 11.5 Å². The number of fused-ring (bicyclic) bond motifs is 3. The molecule has 5 heteroatoms. The Balaban J connectivity index is 1.70. The molecule has 4 aliphatic carbocycles. The average Bonchev–Trinajstić information content (AvgIpc) is 2.85. The maximum absolute atomic E-state index is 13.6. The van der Waals surface area contributed by atoms with Crippen LogP contribution in [0.5, 0.6) is 0 Å². The molecular formula is C23H36O5. The molecule has 0 saturated heterocycles. The lowest BCUT2D eigenvalue weighted by molar-refractivity contribution is -0.207. The van der Waals surface area contributed by atoms with Gasteiger partial charge in [-0.1, -0.05) is 20.3 Å². The third-order valence-electron chi connectivity index (χ3n) is 9.31. The van der Waals surface area contributed by atoms with Crippen molar-refractivity contribution in [3.63, 3.8) is 0 Å². The Labute approximate surface area is 168 Å². The number of carbonyl (C=O) groups excluding carboxylic acids is 2. The van der Waals surface area contributed by atoms with Crippen LogP contribution in [0.3, 0.4) is 0 Å². The van der Waals surface area contributed by atoms with Crippen molar-refractivity contribution in [1.29, 1.82) is 0 Å². The molecule has 0 aromatic carbocycles. The SMILES string of the molecule is COCC1C(=O)C23CC1CCC2C1(C)CCCC(C)(COC(C)=O)C1CC3O. The number of rotatable bonds is 4. The van der Waals surface area contributed by atoms with Gasteiger partial charge in [-0.05, 0) is 61.7 Å². The number of hydrogen-bond donors (Lipinski definition) is 1. The van der Waals surface area contributed by atoms with Crippen molar-refractivity contribution in [2.24, 2.45) is 39.9 Å². The standard InChI is InChI=1S/C23H36O5/c1-14(24)28-13-21(2)8-5-9-22(3)17-7-6-15-11-23(17,19(25)10-18(21)22)20(26)16(15)12-27-4/h15-19,25H,5-13H2,1-4H3. The smallest absolute Gasteiger partial charge is 0.302 e. The fourth-order valence-electron chi connectivity index (χ4n) is 8.19. The summed E-state index contributed by atoms with van der Waals surface area (Å²) in [5.74, 6) is 0.813. The fourth-order valence-corrected chi connectivity index (χ4v) is 8.19. The third-order valence-corrected chi connectivity index (χ3v) is 9.31. The Kier molecular flexibility index (Phi) is 4.94. The average molecular weight is 393 g/mol. The number of carbonyl (C=O) groups is 2. The van der Waals surface area contributed by atoms with Crippen LogP contribution in [0.4, 0.5) is 0 Å². The molecule has 5 nitrogen and oxygen atoms in total. The van der Waals surface area contributed by atoms with Gasteiger partial charge in [-0.2, -0.15) is 0 Å². The van der Waals surface area contributed by atoms with Crippen molar-refractivity contribution in [2.45, 2.75) is 71.8 Å². The highest BCUT2D eigenvalue weighted by Gasteiger charge is 2.71. The molecule has 2 bridgehead atoms. The van der Waals surface area contributed by atoms with Gasteiger partial charge in [-0.15, -0.1) is 0 Å². The van der Waals surface area contributed by atoms with Crippen LogP contribution in [0.15, 0.2) is 0 Å². The first kappa shape index (κ1) is 20.3. The molecule has 4 rings (SSSR count). The number of methoxy groups -OCH3 is 1. The fraction of sp³-hybridized carbons (Fsp3) is 0.913. The number of Topliss-reactive ketones (excluding diaryl/α,β-unsaturated/α-hetero) is 1. The van der Waals surface area contributed by atoms with Crippen molar-refractivity contribution in [3.8, 4) is 0 Å². The molecule has 0 aromatic heterocycles. The van der Waals surface area contributed by atoms with Gasteiger partial charge < -0.3 is 14.6 Å². The zero-order chi connectivity index (χ0) is 20.3. The Morgan fingerprint density at radius 3 is 2.64 bits per heavy atom. The molecule has 1 spiro atoms. The number of aliphatic hydroxyl groups is 1. The number of ether oxygens (including phenoxy) is 2. The summed E-state index contributed by atoms with van der Waals surface area (Å²) >= 11 is 0. The minimum atomic E-state index is -0.595. The van der Waals surface area contributed by atoms with E-state index >= 15 is 0 Å².